The molecule has 7 heteroatoms. The first-order valence-electron chi connectivity index (χ1n) is 9.87. The molecule has 0 radical (unpaired) electrons. The minimum atomic E-state index is -0.761. The Bertz CT molecular complexity index is 1220. The Balaban J connectivity index is 1.52. The molecule has 0 aliphatic carbocycles. The zero-order chi connectivity index (χ0) is 22.7. The summed E-state index contributed by atoms with van der Waals surface area (Å²) >= 11 is 3.40. The first-order valence-corrected chi connectivity index (χ1v) is 10.7. The highest BCUT2D eigenvalue weighted by molar-refractivity contribution is 9.10. The molecule has 0 aromatic heterocycles. The number of imide groups is 2. The van der Waals surface area contributed by atoms with Crippen LogP contribution in [0.2, 0.25) is 0 Å². The molecule has 1 aliphatic rings. The fourth-order valence-electron chi connectivity index (χ4n) is 3.26. The molecule has 1 N–H and O–H groups in total. The molecule has 3 aromatic carbocycles. The van der Waals surface area contributed by atoms with E-state index in [4.69, 9.17) is 4.74 Å². The first kappa shape index (κ1) is 21.5. The van der Waals surface area contributed by atoms with Gasteiger partial charge in [0.2, 0.25) is 0 Å². The van der Waals surface area contributed by atoms with E-state index in [9.17, 15) is 14.4 Å². The van der Waals surface area contributed by atoms with Gasteiger partial charge >= 0.3 is 6.03 Å². The maximum atomic E-state index is 13.0. The highest BCUT2D eigenvalue weighted by Crippen LogP contribution is 2.25. The molecule has 0 saturated carbocycles. The van der Waals surface area contributed by atoms with Crippen LogP contribution >= 0.6 is 15.9 Å². The van der Waals surface area contributed by atoms with Crippen molar-refractivity contribution in [2.75, 3.05) is 4.90 Å². The smallest absolute Gasteiger partial charge is 0.335 e. The Kier molecular flexibility index (Phi) is 6.18. The summed E-state index contributed by atoms with van der Waals surface area (Å²) in [6.07, 6.45) is 1.47. The fraction of sp³-hybridized carbons (Fsp3) is 0.0800. The third kappa shape index (κ3) is 4.63. The summed E-state index contributed by atoms with van der Waals surface area (Å²) in [6.45, 7) is 2.21. The van der Waals surface area contributed by atoms with Gasteiger partial charge in [0.25, 0.3) is 11.8 Å². The van der Waals surface area contributed by atoms with E-state index in [0.717, 1.165) is 20.5 Å². The van der Waals surface area contributed by atoms with E-state index in [1.54, 1.807) is 49.4 Å². The number of carbonyl (C=O) groups is 3. The topological polar surface area (TPSA) is 75.7 Å². The van der Waals surface area contributed by atoms with Crippen molar-refractivity contribution in [3.8, 4) is 5.75 Å². The van der Waals surface area contributed by atoms with Crippen molar-refractivity contribution in [1.29, 1.82) is 0 Å². The normalized spacial score (nSPS) is 15.1. The van der Waals surface area contributed by atoms with Crippen molar-refractivity contribution in [3.05, 3.63) is 99.5 Å². The summed E-state index contributed by atoms with van der Waals surface area (Å²) < 4.78 is 6.79. The summed E-state index contributed by atoms with van der Waals surface area (Å²) in [6, 6.07) is 21.1. The molecular formula is C25H19BrN2O4. The van der Waals surface area contributed by atoms with Crippen LogP contribution in [0.4, 0.5) is 10.5 Å². The third-order valence-electron chi connectivity index (χ3n) is 4.97. The lowest BCUT2D eigenvalue weighted by molar-refractivity contribution is -0.122. The Morgan fingerprint density at radius 1 is 0.938 bits per heavy atom. The largest absolute Gasteiger partial charge is 0.489 e. The number of nitrogens with one attached hydrogen (secondary N) is 1. The van der Waals surface area contributed by atoms with Gasteiger partial charge in [-0.05, 0) is 60.0 Å². The number of anilines is 1. The monoisotopic (exact) mass is 490 g/mol. The summed E-state index contributed by atoms with van der Waals surface area (Å²) in [4.78, 5) is 38.7. The second-order valence-electron chi connectivity index (χ2n) is 7.23. The Hall–Kier alpha value is -3.71. The molecule has 0 bridgehead atoms. The first-order chi connectivity index (χ1) is 15.4. The van der Waals surface area contributed by atoms with Gasteiger partial charge in [-0.25, -0.2) is 9.69 Å². The number of rotatable bonds is 5. The standard InChI is InChI=1S/C25H19BrN2O4/c1-16-4-2-3-5-22(16)28-24(30)21(23(29)27-25(28)31)14-17-8-12-20(13-9-17)32-15-18-6-10-19(26)11-7-18/h2-14H,15H2,1H3,(H,27,29,31)/b21-14+. The van der Waals surface area contributed by atoms with Crippen LogP contribution in [0.3, 0.4) is 0 Å². The van der Waals surface area contributed by atoms with Crippen LogP contribution in [-0.4, -0.2) is 17.8 Å². The predicted octanol–water partition coefficient (Wildman–Crippen LogP) is 5.00. The molecular weight excluding hydrogens is 472 g/mol. The quantitative estimate of drug-likeness (QED) is 0.403. The van der Waals surface area contributed by atoms with E-state index in [0.29, 0.717) is 23.6 Å². The Morgan fingerprint density at radius 2 is 1.62 bits per heavy atom. The number of carbonyl (C=O) groups excluding carboxylic acids is 3. The van der Waals surface area contributed by atoms with Crippen LogP contribution in [0.1, 0.15) is 16.7 Å². The van der Waals surface area contributed by atoms with Crippen molar-refractivity contribution in [2.45, 2.75) is 13.5 Å². The SMILES string of the molecule is Cc1ccccc1N1C(=O)NC(=O)/C(=C\c2ccc(OCc3ccc(Br)cc3)cc2)C1=O. The number of barbiturate groups is 1. The average molecular weight is 491 g/mol. The van der Waals surface area contributed by atoms with Gasteiger partial charge in [-0.2, -0.15) is 0 Å². The van der Waals surface area contributed by atoms with Crippen molar-refractivity contribution in [3.63, 3.8) is 0 Å². The van der Waals surface area contributed by atoms with Crippen LogP contribution in [0, 0.1) is 6.92 Å². The van der Waals surface area contributed by atoms with Gasteiger partial charge in [0, 0.05) is 4.47 Å². The van der Waals surface area contributed by atoms with Gasteiger partial charge in [0.1, 0.15) is 17.9 Å². The van der Waals surface area contributed by atoms with Gasteiger partial charge < -0.3 is 4.74 Å². The van der Waals surface area contributed by atoms with Crippen LogP contribution < -0.4 is 15.0 Å². The summed E-state index contributed by atoms with van der Waals surface area (Å²) in [5.41, 5.74) is 2.74. The number of benzene rings is 3. The van der Waals surface area contributed by atoms with E-state index < -0.39 is 17.8 Å². The van der Waals surface area contributed by atoms with Gasteiger partial charge in [-0.1, -0.05) is 58.4 Å². The predicted molar refractivity (Wildman–Crippen MR) is 125 cm³/mol. The number of amides is 4. The van der Waals surface area contributed by atoms with Crippen molar-refractivity contribution < 1.29 is 19.1 Å². The van der Waals surface area contributed by atoms with Crippen molar-refractivity contribution >= 4 is 45.5 Å². The lowest BCUT2D eigenvalue weighted by Gasteiger charge is -2.27. The number of hydrogen-bond acceptors (Lipinski definition) is 4. The van der Waals surface area contributed by atoms with Crippen LogP contribution in [0.5, 0.6) is 5.75 Å². The van der Waals surface area contributed by atoms with Crippen molar-refractivity contribution in [2.24, 2.45) is 0 Å². The molecule has 160 valence electrons. The van der Waals surface area contributed by atoms with Crippen molar-refractivity contribution in [1.82, 2.24) is 5.32 Å². The van der Waals surface area contributed by atoms with Gasteiger partial charge in [-0.3, -0.25) is 14.9 Å². The Morgan fingerprint density at radius 3 is 2.31 bits per heavy atom. The van der Waals surface area contributed by atoms with E-state index in [1.165, 1.54) is 6.08 Å². The van der Waals surface area contributed by atoms with E-state index in [1.807, 2.05) is 30.3 Å². The molecule has 0 spiro atoms. The lowest BCUT2D eigenvalue weighted by Crippen LogP contribution is -2.54. The molecule has 3 aromatic rings. The lowest BCUT2D eigenvalue weighted by atomic mass is 10.1. The second kappa shape index (κ2) is 9.20. The molecule has 1 saturated heterocycles. The maximum absolute atomic E-state index is 13.0. The molecule has 4 amide bonds. The summed E-state index contributed by atoms with van der Waals surface area (Å²) in [7, 11) is 0. The molecule has 1 aliphatic heterocycles. The second-order valence-corrected chi connectivity index (χ2v) is 8.14. The minimum Gasteiger partial charge on any atom is -0.489 e. The molecule has 1 fully saturated rings. The number of urea groups is 1. The van der Waals surface area contributed by atoms with Crippen LogP contribution in [-0.2, 0) is 16.2 Å². The number of halogens is 1. The van der Waals surface area contributed by atoms with Crippen LogP contribution in [0.15, 0.2) is 82.8 Å². The van der Waals surface area contributed by atoms with E-state index in [-0.39, 0.29) is 5.57 Å². The molecule has 0 unspecified atom stereocenters. The van der Waals surface area contributed by atoms with Crippen LogP contribution in [0.25, 0.3) is 6.08 Å². The minimum absolute atomic E-state index is 0.114. The van der Waals surface area contributed by atoms with Gasteiger partial charge in [0.15, 0.2) is 0 Å². The summed E-state index contributed by atoms with van der Waals surface area (Å²) in [5.74, 6) is -0.727. The number of nitrogens with zero attached hydrogens (tertiary/aromatic N) is 1. The van der Waals surface area contributed by atoms with Gasteiger partial charge in [0.05, 0.1) is 5.69 Å². The number of aryl methyl sites for hydroxylation is 1. The maximum Gasteiger partial charge on any atom is 0.335 e. The number of para-hydroxylation sites is 1. The Labute approximate surface area is 193 Å². The number of hydrogen-bond donors (Lipinski definition) is 1. The zero-order valence-corrected chi connectivity index (χ0v) is 18.8. The fourth-order valence-corrected chi connectivity index (χ4v) is 3.53. The zero-order valence-electron chi connectivity index (χ0n) is 17.2. The number of ether oxygens (including phenoxy) is 1. The van der Waals surface area contributed by atoms with E-state index >= 15 is 0 Å². The van der Waals surface area contributed by atoms with Gasteiger partial charge in [-0.15, -0.1) is 0 Å². The molecule has 32 heavy (non-hydrogen) atoms. The average Bonchev–Trinajstić information content (AvgIpc) is 2.78. The highest BCUT2D eigenvalue weighted by Gasteiger charge is 2.37. The molecule has 1 heterocycles. The highest BCUT2D eigenvalue weighted by atomic mass is 79.9. The molecule has 6 nitrogen and oxygen atoms in total. The summed E-state index contributed by atoms with van der Waals surface area (Å²) in [5, 5.41) is 2.24. The van der Waals surface area contributed by atoms with E-state index in [2.05, 4.69) is 21.2 Å². The molecule has 4 rings (SSSR count). The molecule has 0 atom stereocenters. The third-order valence-corrected chi connectivity index (χ3v) is 5.50.